The summed E-state index contributed by atoms with van der Waals surface area (Å²) in [4.78, 5) is 27.5. The van der Waals surface area contributed by atoms with Crippen LogP contribution >= 0.6 is 0 Å². The van der Waals surface area contributed by atoms with E-state index in [4.69, 9.17) is 14.2 Å². The number of methoxy groups -OCH3 is 3. The second kappa shape index (κ2) is 9.78. The van der Waals surface area contributed by atoms with E-state index in [1.807, 2.05) is 23.1 Å². The summed E-state index contributed by atoms with van der Waals surface area (Å²) in [6.45, 7) is 1.38. The van der Waals surface area contributed by atoms with Crippen LogP contribution in [0.5, 0.6) is 11.5 Å². The number of carbonyl (C=O) groups is 2. The van der Waals surface area contributed by atoms with Crippen LogP contribution in [0.25, 0.3) is 0 Å². The molecule has 1 unspecified atom stereocenters. The summed E-state index contributed by atoms with van der Waals surface area (Å²) in [5, 5.41) is 2.92. The number of ether oxygens (including phenoxy) is 3. The molecule has 158 valence electrons. The SMILES string of the molecule is COCCN1C(=O)C(CC(=O)NCc2cc(OC)ccc2OC)=C2CCCCC21. The number of fused-ring (bicyclic) bond motifs is 1. The maximum atomic E-state index is 13.0. The van der Waals surface area contributed by atoms with Gasteiger partial charge in [0.1, 0.15) is 11.5 Å². The molecule has 0 radical (unpaired) electrons. The minimum atomic E-state index is -0.163. The van der Waals surface area contributed by atoms with Crippen molar-refractivity contribution in [2.75, 3.05) is 34.5 Å². The molecule has 1 N–H and O–H groups in total. The monoisotopic (exact) mass is 402 g/mol. The summed E-state index contributed by atoms with van der Waals surface area (Å²) < 4.78 is 15.8. The molecule has 7 nitrogen and oxygen atoms in total. The van der Waals surface area contributed by atoms with Crippen LogP contribution in [0.15, 0.2) is 29.3 Å². The van der Waals surface area contributed by atoms with Crippen molar-refractivity contribution in [1.82, 2.24) is 10.2 Å². The zero-order valence-electron chi connectivity index (χ0n) is 17.5. The van der Waals surface area contributed by atoms with E-state index in [2.05, 4.69) is 5.32 Å². The van der Waals surface area contributed by atoms with Gasteiger partial charge in [0.05, 0.1) is 33.3 Å². The lowest BCUT2D eigenvalue weighted by Gasteiger charge is -2.29. The molecule has 1 aromatic carbocycles. The van der Waals surface area contributed by atoms with Gasteiger partial charge in [-0.2, -0.15) is 0 Å². The summed E-state index contributed by atoms with van der Waals surface area (Å²) in [6, 6.07) is 5.59. The van der Waals surface area contributed by atoms with Crippen LogP contribution in [0.1, 0.15) is 37.7 Å². The van der Waals surface area contributed by atoms with Crippen molar-refractivity contribution in [3.63, 3.8) is 0 Å². The van der Waals surface area contributed by atoms with Gasteiger partial charge in [-0.05, 0) is 43.0 Å². The molecule has 29 heavy (non-hydrogen) atoms. The summed E-state index contributed by atoms with van der Waals surface area (Å²) >= 11 is 0. The van der Waals surface area contributed by atoms with Gasteiger partial charge in [-0.3, -0.25) is 9.59 Å². The number of carbonyl (C=O) groups excluding carboxylic acids is 2. The molecule has 2 aliphatic rings. The first-order valence-electron chi connectivity index (χ1n) is 10.1. The van der Waals surface area contributed by atoms with Crippen molar-refractivity contribution in [3.8, 4) is 11.5 Å². The number of hydrogen-bond donors (Lipinski definition) is 1. The molecule has 1 aliphatic heterocycles. The van der Waals surface area contributed by atoms with E-state index in [0.717, 1.165) is 36.8 Å². The van der Waals surface area contributed by atoms with Crippen molar-refractivity contribution >= 4 is 11.8 Å². The highest BCUT2D eigenvalue weighted by Crippen LogP contribution is 2.37. The van der Waals surface area contributed by atoms with E-state index < -0.39 is 0 Å². The number of nitrogens with zero attached hydrogens (tertiary/aromatic N) is 1. The first-order valence-corrected chi connectivity index (χ1v) is 10.1. The standard InChI is InChI=1S/C22H30N2O5/c1-27-11-10-24-19-7-5-4-6-17(19)18(22(24)26)13-21(25)23-14-15-12-16(28-2)8-9-20(15)29-3/h8-9,12,19H,4-7,10-11,13-14H2,1-3H3,(H,23,25). The third-order valence-corrected chi connectivity index (χ3v) is 5.70. The minimum Gasteiger partial charge on any atom is -0.497 e. The van der Waals surface area contributed by atoms with Crippen LogP contribution in [0.4, 0.5) is 0 Å². The van der Waals surface area contributed by atoms with Gasteiger partial charge in [-0.1, -0.05) is 6.42 Å². The van der Waals surface area contributed by atoms with Crippen molar-refractivity contribution in [2.45, 2.75) is 44.7 Å². The van der Waals surface area contributed by atoms with Crippen LogP contribution in [0.3, 0.4) is 0 Å². The predicted octanol–water partition coefficient (Wildman–Crippen LogP) is 2.44. The molecule has 1 saturated carbocycles. The van der Waals surface area contributed by atoms with Gasteiger partial charge in [0, 0.05) is 31.3 Å². The fourth-order valence-electron chi connectivity index (χ4n) is 4.22. The van der Waals surface area contributed by atoms with E-state index in [9.17, 15) is 9.59 Å². The highest BCUT2D eigenvalue weighted by Gasteiger charge is 2.40. The van der Waals surface area contributed by atoms with E-state index in [-0.39, 0.29) is 24.3 Å². The molecule has 0 spiro atoms. The molecule has 2 amide bonds. The maximum Gasteiger partial charge on any atom is 0.250 e. The number of benzene rings is 1. The number of hydrogen-bond acceptors (Lipinski definition) is 5. The van der Waals surface area contributed by atoms with Crippen LogP contribution in [-0.2, 0) is 20.9 Å². The first-order chi connectivity index (χ1) is 14.1. The Kier molecular flexibility index (Phi) is 7.14. The Labute approximate surface area is 172 Å². The fraction of sp³-hybridized carbons (Fsp3) is 0.545. The Balaban J connectivity index is 1.67. The molecule has 1 aromatic rings. The molecule has 1 atom stereocenters. The maximum absolute atomic E-state index is 13.0. The smallest absolute Gasteiger partial charge is 0.250 e. The van der Waals surface area contributed by atoms with Gasteiger partial charge < -0.3 is 24.4 Å². The topological polar surface area (TPSA) is 77.1 Å². The molecule has 7 heteroatoms. The zero-order valence-corrected chi connectivity index (χ0v) is 17.5. The minimum absolute atomic E-state index is 0.0157. The van der Waals surface area contributed by atoms with Gasteiger partial charge in [-0.15, -0.1) is 0 Å². The second-order valence-electron chi connectivity index (χ2n) is 7.39. The van der Waals surface area contributed by atoms with Crippen molar-refractivity contribution in [3.05, 3.63) is 34.9 Å². The van der Waals surface area contributed by atoms with Crippen LogP contribution in [-0.4, -0.2) is 57.2 Å². The quantitative estimate of drug-likeness (QED) is 0.687. The lowest BCUT2D eigenvalue weighted by atomic mass is 9.88. The highest BCUT2D eigenvalue weighted by molar-refractivity contribution is 6.02. The summed E-state index contributed by atoms with van der Waals surface area (Å²) in [5.41, 5.74) is 2.64. The van der Waals surface area contributed by atoms with Gasteiger partial charge >= 0.3 is 0 Å². The summed E-state index contributed by atoms with van der Waals surface area (Å²) in [6.07, 6.45) is 4.16. The highest BCUT2D eigenvalue weighted by atomic mass is 16.5. The Hall–Kier alpha value is -2.54. The molecule has 1 heterocycles. The van der Waals surface area contributed by atoms with Crippen LogP contribution in [0.2, 0.25) is 0 Å². The largest absolute Gasteiger partial charge is 0.497 e. The van der Waals surface area contributed by atoms with E-state index in [0.29, 0.717) is 36.8 Å². The Morgan fingerprint density at radius 2 is 2.03 bits per heavy atom. The number of amides is 2. The second-order valence-corrected chi connectivity index (χ2v) is 7.39. The zero-order chi connectivity index (χ0) is 20.8. The molecule has 1 fully saturated rings. The fourth-order valence-corrected chi connectivity index (χ4v) is 4.22. The molecular weight excluding hydrogens is 372 g/mol. The normalized spacial score (nSPS) is 18.7. The summed E-state index contributed by atoms with van der Waals surface area (Å²) in [5.74, 6) is 1.20. The Morgan fingerprint density at radius 3 is 2.76 bits per heavy atom. The lowest BCUT2D eigenvalue weighted by molar-refractivity contribution is -0.129. The molecule has 3 rings (SSSR count). The summed E-state index contributed by atoms with van der Waals surface area (Å²) in [7, 11) is 4.82. The molecule has 0 aromatic heterocycles. The van der Waals surface area contributed by atoms with Gasteiger partial charge in [0.25, 0.3) is 5.91 Å². The van der Waals surface area contributed by atoms with Crippen molar-refractivity contribution in [2.24, 2.45) is 0 Å². The van der Waals surface area contributed by atoms with Gasteiger partial charge in [-0.25, -0.2) is 0 Å². The van der Waals surface area contributed by atoms with E-state index in [1.165, 1.54) is 0 Å². The Morgan fingerprint density at radius 1 is 1.21 bits per heavy atom. The first kappa shape index (κ1) is 21.2. The van der Waals surface area contributed by atoms with Crippen LogP contribution < -0.4 is 14.8 Å². The Bertz CT molecular complexity index is 789. The van der Waals surface area contributed by atoms with Gasteiger partial charge in [0.15, 0.2) is 0 Å². The third-order valence-electron chi connectivity index (χ3n) is 5.70. The molecule has 1 aliphatic carbocycles. The third kappa shape index (κ3) is 4.72. The molecule has 0 saturated heterocycles. The van der Waals surface area contributed by atoms with Crippen LogP contribution in [0, 0.1) is 0 Å². The van der Waals surface area contributed by atoms with E-state index in [1.54, 1.807) is 21.3 Å². The van der Waals surface area contributed by atoms with Crippen molar-refractivity contribution < 1.29 is 23.8 Å². The van der Waals surface area contributed by atoms with Gasteiger partial charge in [0.2, 0.25) is 5.91 Å². The predicted molar refractivity (Wildman–Crippen MR) is 109 cm³/mol. The van der Waals surface area contributed by atoms with Crippen molar-refractivity contribution in [1.29, 1.82) is 0 Å². The average molecular weight is 402 g/mol. The molecule has 0 bridgehead atoms. The molecular formula is C22H30N2O5. The average Bonchev–Trinajstić information content (AvgIpc) is 3.01. The number of nitrogens with one attached hydrogen (secondary N) is 1. The lowest BCUT2D eigenvalue weighted by Crippen LogP contribution is -2.39. The van der Waals surface area contributed by atoms with E-state index >= 15 is 0 Å². The number of rotatable bonds is 9.